The van der Waals surface area contributed by atoms with Crippen LogP contribution in [0.2, 0.25) is 0 Å². The van der Waals surface area contributed by atoms with E-state index in [1.54, 1.807) is 11.3 Å². The van der Waals surface area contributed by atoms with E-state index in [9.17, 15) is 0 Å². The Morgan fingerprint density at radius 3 is 1.66 bits per heavy atom. The number of aromatic nitrogens is 7. The largest absolute Gasteiger partial charge is 0.258 e. The first kappa shape index (κ1) is 32.0. The van der Waals surface area contributed by atoms with Crippen molar-refractivity contribution >= 4 is 48.1 Å². The second-order valence-electron chi connectivity index (χ2n) is 13.6. The Balaban J connectivity index is 1.02. The third-order valence-corrected chi connectivity index (χ3v) is 11.4. The molecule has 0 N–H and O–H groups in total. The number of hydrogen-bond donors (Lipinski definition) is 0. The van der Waals surface area contributed by atoms with Gasteiger partial charge in [-0.25, -0.2) is 19.9 Å². The first-order valence-electron chi connectivity index (χ1n) is 18.4. The fourth-order valence-electron chi connectivity index (χ4n) is 7.46. The summed E-state index contributed by atoms with van der Waals surface area (Å²) in [4.78, 5) is 20.0. The van der Waals surface area contributed by atoms with E-state index in [1.165, 1.54) is 20.2 Å². The molecule has 4 heterocycles. The van der Waals surface area contributed by atoms with Crippen LogP contribution < -0.4 is 0 Å². The Morgan fingerprint density at radius 1 is 0.375 bits per heavy atom. The smallest absolute Gasteiger partial charge is 0.172 e. The number of benzene rings is 7. The maximum Gasteiger partial charge on any atom is 0.172 e. The molecule has 56 heavy (non-hydrogen) atoms. The van der Waals surface area contributed by atoms with Gasteiger partial charge < -0.3 is 0 Å². The third kappa shape index (κ3) is 5.42. The van der Waals surface area contributed by atoms with Gasteiger partial charge in [0.25, 0.3) is 0 Å². The average molecular weight is 736 g/mol. The predicted molar refractivity (Wildman–Crippen MR) is 227 cm³/mol. The molecule has 0 radical (unpaired) electrons. The van der Waals surface area contributed by atoms with Gasteiger partial charge >= 0.3 is 0 Å². The van der Waals surface area contributed by atoms with Gasteiger partial charge in [-0.05, 0) is 41.5 Å². The first-order valence-corrected chi connectivity index (χ1v) is 19.2. The number of thiophene rings is 1. The molecular weight excluding hydrogens is 707 g/mol. The summed E-state index contributed by atoms with van der Waals surface area (Å²) in [5.74, 6) is 3.44. The van der Waals surface area contributed by atoms with E-state index in [0.717, 1.165) is 67.1 Å². The fourth-order valence-corrected chi connectivity index (χ4v) is 8.67. The summed E-state index contributed by atoms with van der Waals surface area (Å²) in [7, 11) is 0. The second kappa shape index (κ2) is 13.2. The van der Waals surface area contributed by atoms with Crippen molar-refractivity contribution < 1.29 is 0 Å². The van der Waals surface area contributed by atoms with Crippen LogP contribution in [0.1, 0.15) is 0 Å². The molecule has 11 aromatic rings. The lowest BCUT2D eigenvalue weighted by molar-refractivity contribution is 1.07. The van der Waals surface area contributed by atoms with Crippen LogP contribution in [0.25, 0.3) is 105 Å². The normalized spacial score (nSPS) is 11.6. The Kier molecular flexibility index (Phi) is 7.53. The Labute approximate surface area is 325 Å². The molecule has 8 heteroatoms. The van der Waals surface area contributed by atoms with E-state index in [-0.39, 0.29) is 0 Å². The highest BCUT2D eigenvalue weighted by Gasteiger charge is 2.21. The van der Waals surface area contributed by atoms with E-state index in [1.807, 2.05) is 78.9 Å². The highest BCUT2D eigenvalue weighted by Crippen LogP contribution is 2.41. The Bertz CT molecular complexity index is 3190. The highest BCUT2D eigenvalue weighted by atomic mass is 32.1. The molecule has 0 bridgehead atoms. The van der Waals surface area contributed by atoms with Crippen molar-refractivity contribution in [2.75, 3.05) is 0 Å². The minimum absolute atomic E-state index is 0.620. The van der Waals surface area contributed by atoms with Crippen molar-refractivity contribution in [3.63, 3.8) is 0 Å². The average Bonchev–Trinajstić information content (AvgIpc) is 3.90. The standard InChI is InChI=1S/C48H29N7S/c1-3-13-31(14-4-1)43-50-44(32-15-5-2-6-16-32)52-45(51-43)33-27-25-30(26-28-33)34-17-11-18-35(29-34)46-49-40-23-9-7-20-38(40)47-53-54-48(55(46)47)39-22-12-21-37-36-19-8-10-24-41(36)56-42(37)39/h1-29H. The Morgan fingerprint density at radius 2 is 0.929 bits per heavy atom. The molecule has 262 valence electrons. The van der Waals surface area contributed by atoms with Crippen molar-refractivity contribution in [2.45, 2.75) is 0 Å². The number of para-hydroxylation sites is 1. The molecular formula is C48H29N7S. The van der Waals surface area contributed by atoms with Gasteiger partial charge in [0.05, 0.1) is 5.52 Å². The minimum Gasteiger partial charge on any atom is -0.258 e. The zero-order chi connectivity index (χ0) is 37.0. The van der Waals surface area contributed by atoms with E-state index in [0.29, 0.717) is 17.5 Å². The summed E-state index contributed by atoms with van der Waals surface area (Å²) >= 11 is 1.78. The van der Waals surface area contributed by atoms with E-state index >= 15 is 0 Å². The third-order valence-electron chi connectivity index (χ3n) is 10.2. The van der Waals surface area contributed by atoms with Gasteiger partial charge in [-0.1, -0.05) is 146 Å². The molecule has 0 saturated heterocycles. The van der Waals surface area contributed by atoms with Crippen molar-refractivity contribution in [1.29, 1.82) is 0 Å². The molecule has 0 spiro atoms. The molecule has 11 rings (SSSR count). The maximum atomic E-state index is 5.27. The van der Waals surface area contributed by atoms with Crippen molar-refractivity contribution in [3.05, 3.63) is 176 Å². The SMILES string of the molecule is c1ccc(-c2nc(-c3ccccc3)nc(-c3ccc(-c4cccc(-c5nc6ccccc6c6nnc(-c7cccc8c7sc7ccccc78)n56)c4)cc3)n2)cc1. The van der Waals surface area contributed by atoms with E-state index in [2.05, 4.69) is 101 Å². The van der Waals surface area contributed by atoms with Crippen LogP contribution in [0, 0.1) is 0 Å². The van der Waals surface area contributed by atoms with Crippen LogP contribution in [0.15, 0.2) is 176 Å². The molecule has 0 amide bonds. The summed E-state index contributed by atoms with van der Waals surface area (Å²) in [5.41, 5.74) is 8.54. The van der Waals surface area contributed by atoms with Gasteiger partial charge in [-0.15, -0.1) is 21.5 Å². The lowest BCUT2D eigenvalue weighted by atomic mass is 10.0. The number of fused-ring (bicyclic) bond motifs is 6. The summed E-state index contributed by atoms with van der Waals surface area (Å²) in [6, 6.07) is 60.1. The second-order valence-corrected chi connectivity index (χ2v) is 14.7. The van der Waals surface area contributed by atoms with Crippen LogP contribution in [0.5, 0.6) is 0 Å². The number of nitrogens with zero attached hydrogens (tertiary/aromatic N) is 7. The van der Waals surface area contributed by atoms with Gasteiger partial charge in [-0.2, -0.15) is 0 Å². The quantitative estimate of drug-likeness (QED) is 0.169. The zero-order valence-corrected chi connectivity index (χ0v) is 30.6. The molecule has 0 unspecified atom stereocenters. The minimum atomic E-state index is 0.620. The highest BCUT2D eigenvalue weighted by molar-refractivity contribution is 7.26. The molecule has 0 aliphatic carbocycles. The first-order chi connectivity index (χ1) is 27.7. The molecule has 0 fully saturated rings. The number of hydrogen-bond acceptors (Lipinski definition) is 7. The summed E-state index contributed by atoms with van der Waals surface area (Å²) in [6.45, 7) is 0. The monoisotopic (exact) mass is 735 g/mol. The van der Waals surface area contributed by atoms with Crippen LogP contribution in [0.4, 0.5) is 0 Å². The van der Waals surface area contributed by atoms with E-state index < -0.39 is 0 Å². The molecule has 0 aliphatic heterocycles. The lowest BCUT2D eigenvalue weighted by Crippen LogP contribution is -2.00. The van der Waals surface area contributed by atoms with Gasteiger partial charge in [0, 0.05) is 53.4 Å². The van der Waals surface area contributed by atoms with Crippen LogP contribution in [-0.4, -0.2) is 34.5 Å². The molecule has 0 saturated carbocycles. The Hall–Kier alpha value is -7.42. The lowest BCUT2D eigenvalue weighted by Gasteiger charge is -2.12. The summed E-state index contributed by atoms with van der Waals surface area (Å²) in [6.07, 6.45) is 0. The molecule has 7 nitrogen and oxygen atoms in total. The van der Waals surface area contributed by atoms with Crippen molar-refractivity contribution in [1.82, 2.24) is 34.5 Å². The predicted octanol–water partition coefficient (Wildman–Crippen LogP) is 11.8. The van der Waals surface area contributed by atoms with E-state index in [4.69, 9.17) is 30.1 Å². The zero-order valence-electron chi connectivity index (χ0n) is 29.8. The van der Waals surface area contributed by atoms with Gasteiger partial charge in [0.2, 0.25) is 0 Å². The molecule has 0 aliphatic rings. The van der Waals surface area contributed by atoms with Crippen LogP contribution in [-0.2, 0) is 0 Å². The summed E-state index contributed by atoms with van der Waals surface area (Å²) < 4.78 is 4.55. The summed E-state index contributed by atoms with van der Waals surface area (Å²) in [5, 5.41) is 13.1. The van der Waals surface area contributed by atoms with Gasteiger partial charge in [0.15, 0.2) is 28.9 Å². The fraction of sp³-hybridized carbons (Fsp3) is 0. The topological polar surface area (TPSA) is 81.8 Å². The van der Waals surface area contributed by atoms with Gasteiger partial charge in [-0.3, -0.25) is 4.40 Å². The van der Waals surface area contributed by atoms with Crippen molar-refractivity contribution in [2.24, 2.45) is 0 Å². The number of rotatable bonds is 6. The van der Waals surface area contributed by atoms with Crippen LogP contribution in [0.3, 0.4) is 0 Å². The molecule has 7 aromatic carbocycles. The van der Waals surface area contributed by atoms with Crippen molar-refractivity contribution in [3.8, 4) is 68.1 Å². The maximum absolute atomic E-state index is 5.27. The molecule has 0 atom stereocenters. The van der Waals surface area contributed by atoms with Crippen LogP contribution >= 0.6 is 11.3 Å². The molecule has 4 aromatic heterocycles. The van der Waals surface area contributed by atoms with Gasteiger partial charge in [0.1, 0.15) is 5.82 Å².